The average molecular weight is 344 g/mol. The topological polar surface area (TPSA) is 40.6 Å². The van der Waals surface area contributed by atoms with Gasteiger partial charge in [0.05, 0.1) is 0 Å². The lowest BCUT2D eigenvalue weighted by atomic mass is 9.85. The number of carbonyl (C=O) groups is 2. The summed E-state index contributed by atoms with van der Waals surface area (Å²) in [4.78, 5) is 25.6. The van der Waals surface area contributed by atoms with Crippen molar-refractivity contribution in [2.45, 2.75) is 71.8 Å². The molecule has 1 saturated heterocycles. The van der Waals surface area contributed by atoms with Crippen molar-refractivity contribution in [2.75, 3.05) is 6.54 Å². The van der Waals surface area contributed by atoms with Crippen molar-refractivity contribution in [3.63, 3.8) is 0 Å². The van der Waals surface area contributed by atoms with Crippen LogP contribution in [0.15, 0.2) is 30.3 Å². The minimum Gasteiger partial charge on any atom is -0.273 e. The number of nitrogens with zero attached hydrogens (tertiary/aromatic N) is 2. The minimum atomic E-state index is -0.290. The average Bonchev–Trinajstić information content (AvgIpc) is 2.79. The maximum atomic E-state index is 13.1. The van der Waals surface area contributed by atoms with Crippen molar-refractivity contribution >= 4 is 11.8 Å². The number of hydrogen-bond acceptors (Lipinski definition) is 3. The second-order valence-corrected chi connectivity index (χ2v) is 8.03. The van der Waals surface area contributed by atoms with E-state index in [1.165, 1.54) is 5.01 Å². The first kappa shape index (κ1) is 19.6. The van der Waals surface area contributed by atoms with Crippen molar-refractivity contribution in [3.05, 3.63) is 35.9 Å². The highest BCUT2D eigenvalue weighted by Gasteiger charge is 2.46. The standard InChI is InChI=1S/C21H32N2O2/c1-6-7-13-22-21(4,5)15-20(25)23(22)19(24)14-18(16(2)3)17-11-9-8-10-12-17/h8-12,16,18H,6-7,13-15H2,1-5H3. The molecule has 1 aromatic carbocycles. The Bertz CT molecular complexity index is 595. The number of amides is 2. The van der Waals surface area contributed by atoms with Crippen LogP contribution in [-0.2, 0) is 9.59 Å². The number of imide groups is 1. The van der Waals surface area contributed by atoms with Crippen molar-refractivity contribution in [1.29, 1.82) is 0 Å². The van der Waals surface area contributed by atoms with Crippen molar-refractivity contribution in [1.82, 2.24) is 10.0 Å². The molecule has 138 valence electrons. The number of rotatable bonds is 7. The fraction of sp³-hybridized carbons (Fsp3) is 0.619. The Morgan fingerprint density at radius 1 is 1.20 bits per heavy atom. The van der Waals surface area contributed by atoms with Crippen LogP contribution in [0.25, 0.3) is 0 Å². The van der Waals surface area contributed by atoms with E-state index in [0.717, 1.165) is 24.9 Å². The first-order valence-electron chi connectivity index (χ1n) is 9.46. The molecule has 1 aliphatic rings. The van der Waals surface area contributed by atoms with Gasteiger partial charge in [-0.15, -0.1) is 0 Å². The summed E-state index contributed by atoms with van der Waals surface area (Å²) in [7, 11) is 0. The lowest BCUT2D eigenvalue weighted by Gasteiger charge is -2.36. The van der Waals surface area contributed by atoms with Crippen LogP contribution in [0.2, 0.25) is 0 Å². The summed E-state index contributed by atoms with van der Waals surface area (Å²) in [5, 5.41) is 3.43. The van der Waals surface area contributed by atoms with Crippen LogP contribution in [0.5, 0.6) is 0 Å². The third-order valence-electron chi connectivity index (χ3n) is 5.15. The zero-order valence-corrected chi connectivity index (χ0v) is 16.3. The molecule has 2 amide bonds. The second-order valence-electron chi connectivity index (χ2n) is 8.03. The van der Waals surface area contributed by atoms with E-state index >= 15 is 0 Å². The van der Waals surface area contributed by atoms with Gasteiger partial charge in [0.25, 0.3) is 0 Å². The van der Waals surface area contributed by atoms with Gasteiger partial charge in [-0.3, -0.25) is 9.59 Å². The van der Waals surface area contributed by atoms with Gasteiger partial charge >= 0.3 is 0 Å². The van der Waals surface area contributed by atoms with Crippen LogP contribution in [-0.4, -0.2) is 33.9 Å². The van der Waals surface area contributed by atoms with E-state index in [4.69, 9.17) is 0 Å². The zero-order chi connectivity index (χ0) is 18.6. The van der Waals surface area contributed by atoms with E-state index in [2.05, 4.69) is 32.9 Å². The van der Waals surface area contributed by atoms with Crippen LogP contribution in [0, 0.1) is 5.92 Å². The highest BCUT2D eigenvalue weighted by atomic mass is 16.2. The van der Waals surface area contributed by atoms with Gasteiger partial charge in [0.2, 0.25) is 11.8 Å². The molecule has 0 radical (unpaired) electrons. The summed E-state index contributed by atoms with van der Waals surface area (Å²) in [6.45, 7) is 11.2. The molecule has 0 saturated carbocycles. The number of hydrazine groups is 1. The van der Waals surface area contributed by atoms with E-state index in [-0.39, 0.29) is 23.3 Å². The van der Waals surface area contributed by atoms with E-state index in [1.54, 1.807) is 0 Å². The molecule has 0 spiro atoms. The van der Waals surface area contributed by atoms with E-state index in [9.17, 15) is 9.59 Å². The number of carbonyl (C=O) groups excluding carboxylic acids is 2. The summed E-state index contributed by atoms with van der Waals surface area (Å²) in [5.74, 6) is 0.315. The van der Waals surface area contributed by atoms with Crippen molar-refractivity contribution in [3.8, 4) is 0 Å². The Morgan fingerprint density at radius 3 is 2.40 bits per heavy atom. The Labute approximate surface area is 152 Å². The fourth-order valence-electron chi connectivity index (χ4n) is 3.64. The molecular weight excluding hydrogens is 312 g/mol. The molecule has 4 nitrogen and oxygen atoms in total. The molecular formula is C21H32N2O2. The third-order valence-corrected chi connectivity index (χ3v) is 5.15. The Balaban J connectivity index is 2.20. The van der Waals surface area contributed by atoms with Gasteiger partial charge in [0, 0.05) is 24.9 Å². The maximum absolute atomic E-state index is 13.1. The molecule has 0 bridgehead atoms. The largest absolute Gasteiger partial charge is 0.273 e. The maximum Gasteiger partial charge on any atom is 0.245 e. The van der Waals surface area contributed by atoms with Gasteiger partial charge in [-0.25, -0.2) is 10.0 Å². The number of hydrogen-bond donors (Lipinski definition) is 0. The molecule has 1 fully saturated rings. The van der Waals surface area contributed by atoms with Crippen molar-refractivity contribution < 1.29 is 9.59 Å². The molecule has 0 aliphatic carbocycles. The Kier molecular flexibility index (Phi) is 6.39. The molecule has 1 unspecified atom stereocenters. The lowest BCUT2D eigenvalue weighted by Crippen LogP contribution is -2.50. The molecule has 1 heterocycles. The minimum absolute atomic E-state index is 0.0679. The summed E-state index contributed by atoms with van der Waals surface area (Å²) in [5.41, 5.74) is 0.874. The Hall–Kier alpha value is -1.68. The molecule has 0 aromatic heterocycles. The summed E-state index contributed by atoms with van der Waals surface area (Å²) < 4.78 is 0. The Morgan fingerprint density at radius 2 is 1.84 bits per heavy atom. The normalized spacial score (nSPS) is 18.8. The number of benzene rings is 1. The highest BCUT2D eigenvalue weighted by Crippen LogP contribution is 2.34. The monoisotopic (exact) mass is 344 g/mol. The SMILES string of the molecule is CCCCN1N(C(=O)CC(c2ccccc2)C(C)C)C(=O)CC1(C)C. The number of unbranched alkanes of at least 4 members (excludes halogenated alkanes) is 1. The van der Waals surface area contributed by atoms with Crippen LogP contribution >= 0.6 is 0 Å². The van der Waals surface area contributed by atoms with E-state index < -0.39 is 0 Å². The molecule has 25 heavy (non-hydrogen) atoms. The quantitative estimate of drug-likeness (QED) is 0.737. The smallest absolute Gasteiger partial charge is 0.245 e. The van der Waals surface area contributed by atoms with Gasteiger partial charge in [-0.1, -0.05) is 57.5 Å². The van der Waals surface area contributed by atoms with Gasteiger partial charge in [-0.05, 0) is 37.7 Å². The first-order chi connectivity index (χ1) is 11.8. The molecule has 1 atom stereocenters. The van der Waals surface area contributed by atoms with E-state index in [0.29, 0.717) is 18.8 Å². The summed E-state index contributed by atoms with van der Waals surface area (Å²) >= 11 is 0. The lowest BCUT2D eigenvalue weighted by molar-refractivity contribution is -0.160. The van der Waals surface area contributed by atoms with E-state index in [1.807, 2.05) is 37.1 Å². The van der Waals surface area contributed by atoms with Gasteiger partial charge in [0.15, 0.2) is 0 Å². The fourth-order valence-corrected chi connectivity index (χ4v) is 3.64. The second kappa shape index (κ2) is 8.13. The predicted octanol–water partition coefficient (Wildman–Crippen LogP) is 4.37. The summed E-state index contributed by atoms with van der Waals surface area (Å²) in [6, 6.07) is 10.1. The van der Waals surface area contributed by atoms with Crippen LogP contribution in [0.4, 0.5) is 0 Å². The summed E-state index contributed by atoms with van der Waals surface area (Å²) in [6.07, 6.45) is 2.79. The molecule has 1 aliphatic heterocycles. The molecule has 2 rings (SSSR count). The van der Waals surface area contributed by atoms with Crippen LogP contribution in [0.1, 0.15) is 71.8 Å². The van der Waals surface area contributed by atoms with Gasteiger partial charge in [0.1, 0.15) is 0 Å². The third kappa shape index (κ3) is 4.49. The zero-order valence-electron chi connectivity index (χ0n) is 16.3. The molecule has 1 aromatic rings. The molecule has 4 heteroatoms. The van der Waals surface area contributed by atoms with Gasteiger partial charge < -0.3 is 0 Å². The highest BCUT2D eigenvalue weighted by molar-refractivity contribution is 5.97. The van der Waals surface area contributed by atoms with Crippen molar-refractivity contribution in [2.24, 2.45) is 5.92 Å². The first-order valence-corrected chi connectivity index (χ1v) is 9.46. The predicted molar refractivity (Wildman–Crippen MR) is 101 cm³/mol. The van der Waals surface area contributed by atoms with Gasteiger partial charge in [-0.2, -0.15) is 0 Å². The van der Waals surface area contributed by atoms with Crippen LogP contribution in [0.3, 0.4) is 0 Å². The molecule has 0 N–H and O–H groups in total. The van der Waals surface area contributed by atoms with Crippen LogP contribution < -0.4 is 0 Å².